The molecule has 0 aliphatic rings. The van der Waals surface area contributed by atoms with Crippen molar-refractivity contribution in [2.24, 2.45) is 0 Å². The minimum Gasteiger partial charge on any atom is -0.310 e. The first-order chi connectivity index (χ1) is 8.11. The summed E-state index contributed by atoms with van der Waals surface area (Å²) in [5.74, 6) is 0. The second-order valence-electron chi connectivity index (χ2n) is 5.09. The van der Waals surface area contributed by atoms with Crippen molar-refractivity contribution in [1.29, 1.82) is 0 Å². The van der Waals surface area contributed by atoms with Crippen molar-refractivity contribution in [2.45, 2.75) is 46.3 Å². The van der Waals surface area contributed by atoms with Gasteiger partial charge in [0.15, 0.2) is 0 Å². The van der Waals surface area contributed by atoms with Crippen molar-refractivity contribution in [3.8, 4) is 0 Å². The fraction of sp³-hybridized carbons (Fsp3) is 0.600. The van der Waals surface area contributed by atoms with Crippen LogP contribution in [0.5, 0.6) is 0 Å². The fourth-order valence-electron chi connectivity index (χ4n) is 1.93. The SMILES string of the molecule is CCCN(C)Cc1cccc(CNC(C)C)c1. The average molecular weight is 234 g/mol. The highest BCUT2D eigenvalue weighted by atomic mass is 15.1. The molecule has 96 valence electrons. The molecule has 2 heteroatoms. The third kappa shape index (κ3) is 5.85. The first-order valence-corrected chi connectivity index (χ1v) is 6.61. The van der Waals surface area contributed by atoms with Gasteiger partial charge in [-0.05, 0) is 31.1 Å². The second kappa shape index (κ2) is 7.46. The van der Waals surface area contributed by atoms with Crippen LogP contribution in [0, 0.1) is 0 Å². The van der Waals surface area contributed by atoms with E-state index in [1.165, 1.54) is 17.5 Å². The van der Waals surface area contributed by atoms with Gasteiger partial charge in [-0.15, -0.1) is 0 Å². The number of hydrogen-bond acceptors (Lipinski definition) is 2. The van der Waals surface area contributed by atoms with Gasteiger partial charge in [0.2, 0.25) is 0 Å². The van der Waals surface area contributed by atoms with Gasteiger partial charge in [-0.3, -0.25) is 0 Å². The molecule has 1 N–H and O–H groups in total. The third-order valence-electron chi connectivity index (χ3n) is 2.76. The van der Waals surface area contributed by atoms with E-state index < -0.39 is 0 Å². The molecule has 1 aromatic rings. The van der Waals surface area contributed by atoms with Crippen LogP contribution in [-0.4, -0.2) is 24.5 Å². The van der Waals surface area contributed by atoms with Gasteiger partial charge in [0.1, 0.15) is 0 Å². The van der Waals surface area contributed by atoms with E-state index in [0.717, 1.165) is 19.6 Å². The molecule has 0 radical (unpaired) electrons. The van der Waals surface area contributed by atoms with E-state index >= 15 is 0 Å². The van der Waals surface area contributed by atoms with Gasteiger partial charge in [-0.2, -0.15) is 0 Å². The summed E-state index contributed by atoms with van der Waals surface area (Å²) in [7, 11) is 2.18. The highest BCUT2D eigenvalue weighted by Crippen LogP contribution is 2.08. The minimum atomic E-state index is 0.543. The van der Waals surface area contributed by atoms with Gasteiger partial charge >= 0.3 is 0 Å². The summed E-state index contributed by atoms with van der Waals surface area (Å²) in [5.41, 5.74) is 2.78. The molecular weight excluding hydrogens is 208 g/mol. The monoisotopic (exact) mass is 234 g/mol. The molecule has 0 heterocycles. The van der Waals surface area contributed by atoms with Gasteiger partial charge < -0.3 is 10.2 Å². The van der Waals surface area contributed by atoms with Gasteiger partial charge in [-0.1, -0.05) is 45.0 Å². The van der Waals surface area contributed by atoms with E-state index in [-0.39, 0.29) is 0 Å². The van der Waals surface area contributed by atoms with Crippen molar-refractivity contribution >= 4 is 0 Å². The molecule has 1 rings (SSSR count). The molecule has 0 aromatic heterocycles. The van der Waals surface area contributed by atoms with Crippen LogP contribution >= 0.6 is 0 Å². The maximum Gasteiger partial charge on any atom is 0.0230 e. The Morgan fingerprint density at radius 1 is 1.24 bits per heavy atom. The molecule has 0 amide bonds. The Morgan fingerprint density at radius 2 is 1.94 bits per heavy atom. The van der Waals surface area contributed by atoms with Crippen LogP contribution < -0.4 is 5.32 Å². The Hall–Kier alpha value is -0.860. The zero-order valence-corrected chi connectivity index (χ0v) is 11.7. The molecule has 17 heavy (non-hydrogen) atoms. The van der Waals surface area contributed by atoms with Crippen LogP contribution in [0.4, 0.5) is 0 Å². The number of nitrogens with zero attached hydrogens (tertiary/aromatic N) is 1. The lowest BCUT2D eigenvalue weighted by Gasteiger charge is -2.16. The Kier molecular flexibility index (Phi) is 6.23. The first-order valence-electron chi connectivity index (χ1n) is 6.61. The van der Waals surface area contributed by atoms with E-state index in [1.807, 2.05) is 0 Å². The fourth-order valence-corrected chi connectivity index (χ4v) is 1.93. The van der Waals surface area contributed by atoms with E-state index in [2.05, 4.69) is 62.3 Å². The molecule has 0 bridgehead atoms. The van der Waals surface area contributed by atoms with Crippen molar-refractivity contribution in [3.05, 3.63) is 35.4 Å². The topological polar surface area (TPSA) is 15.3 Å². The highest BCUT2D eigenvalue weighted by molar-refractivity contribution is 5.23. The normalized spacial score (nSPS) is 11.4. The number of nitrogens with one attached hydrogen (secondary N) is 1. The zero-order chi connectivity index (χ0) is 12.7. The maximum atomic E-state index is 3.45. The molecule has 0 aliphatic carbocycles. The molecule has 0 unspecified atom stereocenters. The van der Waals surface area contributed by atoms with Crippen LogP contribution in [0.1, 0.15) is 38.3 Å². The Balaban J connectivity index is 2.53. The van der Waals surface area contributed by atoms with E-state index in [1.54, 1.807) is 0 Å². The van der Waals surface area contributed by atoms with E-state index in [4.69, 9.17) is 0 Å². The molecule has 0 atom stereocenters. The van der Waals surface area contributed by atoms with Crippen molar-refractivity contribution in [1.82, 2.24) is 10.2 Å². The molecule has 0 spiro atoms. The highest BCUT2D eigenvalue weighted by Gasteiger charge is 2.01. The lowest BCUT2D eigenvalue weighted by atomic mass is 10.1. The molecular formula is C15H26N2. The third-order valence-corrected chi connectivity index (χ3v) is 2.76. The Morgan fingerprint density at radius 3 is 2.59 bits per heavy atom. The summed E-state index contributed by atoms with van der Waals surface area (Å²) in [6.45, 7) is 9.75. The molecule has 0 saturated heterocycles. The average Bonchev–Trinajstić information content (AvgIpc) is 2.27. The summed E-state index contributed by atoms with van der Waals surface area (Å²) < 4.78 is 0. The minimum absolute atomic E-state index is 0.543. The maximum absolute atomic E-state index is 3.45. The summed E-state index contributed by atoms with van der Waals surface area (Å²) in [6, 6.07) is 9.42. The van der Waals surface area contributed by atoms with Gasteiger partial charge in [0, 0.05) is 19.1 Å². The van der Waals surface area contributed by atoms with Gasteiger partial charge in [0.25, 0.3) is 0 Å². The van der Waals surface area contributed by atoms with Crippen LogP contribution in [0.3, 0.4) is 0 Å². The van der Waals surface area contributed by atoms with Gasteiger partial charge in [-0.25, -0.2) is 0 Å². The van der Waals surface area contributed by atoms with Crippen LogP contribution in [0.2, 0.25) is 0 Å². The van der Waals surface area contributed by atoms with Crippen molar-refractivity contribution in [2.75, 3.05) is 13.6 Å². The summed E-state index contributed by atoms with van der Waals surface area (Å²) in [4.78, 5) is 2.37. The van der Waals surface area contributed by atoms with Crippen molar-refractivity contribution < 1.29 is 0 Å². The molecule has 1 aromatic carbocycles. The predicted octanol–water partition coefficient (Wildman–Crippen LogP) is 3.03. The molecule has 0 fully saturated rings. The zero-order valence-electron chi connectivity index (χ0n) is 11.7. The van der Waals surface area contributed by atoms with Crippen LogP contribution in [-0.2, 0) is 13.1 Å². The molecule has 2 nitrogen and oxygen atoms in total. The smallest absolute Gasteiger partial charge is 0.0230 e. The number of rotatable bonds is 7. The Bertz CT molecular complexity index is 320. The second-order valence-corrected chi connectivity index (χ2v) is 5.09. The molecule has 0 saturated carbocycles. The lowest BCUT2D eigenvalue weighted by Crippen LogP contribution is -2.22. The first kappa shape index (κ1) is 14.2. The number of benzene rings is 1. The van der Waals surface area contributed by atoms with E-state index in [9.17, 15) is 0 Å². The summed E-state index contributed by atoms with van der Waals surface area (Å²) in [6.07, 6.45) is 1.21. The van der Waals surface area contributed by atoms with Crippen molar-refractivity contribution in [3.63, 3.8) is 0 Å². The van der Waals surface area contributed by atoms with Crippen LogP contribution in [0.15, 0.2) is 24.3 Å². The Labute approximate surface area is 106 Å². The largest absolute Gasteiger partial charge is 0.310 e. The molecule has 0 aliphatic heterocycles. The lowest BCUT2D eigenvalue weighted by molar-refractivity contribution is 0.327. The number of hydrogen-bond donors (Lipinski definition) is 1. The summed E-state index contributed by atoms with van der Waals surface area (Å²) in [5, 5.41) is 3.45. The van der Waals surface area contributed by atoms with Crippen LogP contribution in [0.25, 0.3) is 0 Å². The standard InChI is InChI=1S/C15H26N2/c1-5-9-17(4)12-15-8-6-7-14(10-15)11-16-13(2)3/h6-8,10,13,16H,5,9,11-12H2,1-4H3. The van der Waals surface area contributed by atoms with E-state index in [0.29, 0.717) is 6.04 Å². The van der Waals surface area contributed by atoms with Gasteiger partial charge in [0.05, 0.1) is 0 Å². The predicted molar refractivity (Wildman–Crippen MR) is 75.0 cm³/mol. The summed E-state index contributed by atoms with van der Waals surface area (Å²) >= 11 is 0. The quantitative estimate of drug-likeness (QED) is 0.780.